The van der Waals surface area contributed by atoms with Crippen LogP contribution in [0.2, 0.25) is 0 Å². The molecule has 2 aromatic rings. The van der Waals surface area contributed by atoms with E-state index in [1.165, 1.54) is 0 Å². The Balaban J connectivity index is 2.26. The average Bonchev–Trinajstić information content (AvgIpc) is 2.53. The summed E-state index contributed by atoms with van der Waals surface area (Å²) in [5.74, 6) is -0.268. The molecule has 6 heteroatoms. The molecule has 0 saturated carbocycles. The van der Waals surface area contributed by atoms with Crippen LogP contribution in [0.25, 0.3) is 0 Å². The number of imide groups is 1. The number of amides is 3. The van der Waals surface area contributed by atoms with Crippen LogP contribution in [0.15, 0.2) is 54.6 Å². The van der Waals surface area contributed by atoms with Gasteiger partial charge in [-0.3, -0.25) is 10.1 Å². The Bertz CT molecular complexity index is 706. The van der Waals surface area contributed by atoms with Crippen molar-refractivity contribution < 1.29 is 14.3 Å². The molecule has 0 aromatic heterocycles. The minimum atomic E-state index is -1.03. The van der Waals surface area contributed by atoms with Crippen LogP contribution in [0, 0.1) is 11.3 Å². The number of primary amides is 1. The van der Waals surface area contributed by atoms with Crippen molar-refractivity contribution in [1.29, 1.82) is 5.26 Å². The lowest BCUT2D eigenvalue weighted by Gasteiger charge is -2.18. The number of urea groups is 1. The van der Waals surface area contributed by atoms with Crippen LogP contribution in [0.1, 0.15) is 17.2 Å². The Labute approximate surface area is 127 Å². The van der Waals surface area contributed by atoms with E-state index in [1.54, 1.807) is 54.6 Å². The van der Waals surface area contributed by atoms with Gasteiger partial charge in [0.2, 0.25) is 6.10 Å². The van der Waals surface area contributed by atoms with E-state index in [1.807, 2.05) is 11.4 Å². The molecule has 0 aliphatic rings. The highest BCUT2D eigenvalue weighted by Crippen LogP contribution is 2.22. The van der Waals surface area contributed by atoms with Crippen molar-refractivity contribution in [2.24, 2.45) is 5.73 Å². The van der Waals surface area contributed by atoms with Crippen molar-refractivity contribution in [3.8, 4) is 11.8 Å². The fourth-order valence-corrected chi connectivity index (χ4v) is 1.83. The summed E-state index contributed by atoms with van der Waals surface area (Å²) in [6, 6.07) is 16.0. The van der Waals surface area contributed by atoms with Crippen LogP contribution in [-0.4, -0.2) is 11.9 Å². The molecule has 0 bridgehead atoms. The van der Waals surface area contributed by atoms with E-state index >= 15 is 0 Å². The van der Waals surface area contributed by atoms with Gasteiger partial charge in [-0.2, -0.15) is 5.26 Å². The normalized spacial score (nSPS) is 11.0. The Morgan fingerprint density at radius 3 is 2.27 bits per heavy atom. The molecule has 0 heterocycles. The largest absolute Gasteiger partial charge is 0.476 e. The lowest BCUT2D eigenvalue weighted by atomic mass is 10.1. The Morgan fingerprint density at radius 1 is 1.09 bits per heavy atom. The smallest absolute Gasteiger partial charge is 0.318 e. The van der Waals surface area contributed by atoms with Crippen molar-refractivity contribution in [3.63, 3.8) is 0 Å². The number of nitrogens with zero attached hydrogens (tertiary/aromatic N) is 1. The van der Waals surface area contributed by atoms with Gasteiger partial charge in [-0.25, -0.2) is 4.79 Å². The molecule has 3 amide bonds. The molecular weight excluding hydrogens is 282 g/mol. The first-order chi connectivity index (χ1) is 10.6. The summed E-state index contributed by atoms with van der Waals surface area (Å²) in [6.07, 6.45) is -1.03. The van der Waals surface area contributed by atoms with Crippen molar-refractivity contribution in [2.45, 2.75) is 6.10 Å². The van der Waals surface area contributed by atoms with Gasteiger partial charge in [0.05, 0.1) is 11.6 Å². The van der Waals surface area contributed by atoms with Gasteiger partial charge in [-0.15, -0.1) is 0 Å². The number of hydrogen-bond donors (Lipinski definition) is 2. The van der Waals surface area contributed by atoms with Crippen LogP contribution in [0.5, 0.6) is 5.75 Å². The zero-order chi connectivity index (χ0) is 15.9. The maximum Gasteiger partial charge on any atom is 0.318 e. The Morgan fingerprint density at radius 2 is 1.73 bits per heavy atom. The second-order valence-electron chi connectivity index (χ2n) is 4.40. The predicted molar refractivity (Wildman–Crippen MR) is 78.7 cm³/mol. The third kappa shape index (κ3) is 3.84. The molecule has 0 radical (unpaired) electrons. The molecule has 0 saturated heterocycles. The minimum absolute atomic E-state index is 0.396. The average molecular weight is 295 g/mol. The summed E-state index contributed by atoms with van der Waals surface area (Å²) < 4.78 is 5.63. The summed E-state index contributed by atoms with van der Waals surface area (Å²) in [7, 11) is 0. The second kappa shape index (κ2) is 6.90. The van der Waals surface area contributed by atoms with Gasteiger partial charge in [-0.05, 0) is 24.3 Å². The maximum absolute atomic E-state index is 12.1. The van der Waals surface area contributed by atoms with Crippen LogP contribution in [-0.2, 0) is 4.79 Å². The first kappa shape index (κ1) is 15.1. The van der Waals surface area contributed by atoms with Gasteiger partial charge >= 0.3 is 6.03 Å². The second-order valence-corrected chi connectivity index (χ2v) is 4.40. The van der Waals surface area contributed by atoms with Crippen molar-refractivity contribution in [1.82, 2.24) is 5.32 Å². The van der Waals surface area contributed by atoms with Gasteiger partial charge in [0.25, 0.3) is 5.91 Å². The number of nitriles is 1. The first-order valence-electron chi connectivity index (χ1n) is 6.42. The van der Waals surface area contributed by atoms with Crippen LogP contribution < -0.4 is 15.8 Å². The van der Waals surface area contributed by atoms with Gasteiger partial charge in [0.15, 0.2) is 0 Å². The molecule has 22 heavy (non-hydrogen) atoms. The van der Waals surface area contributed by atoms with Crippen molar-refractivity contribution in [3.05, 3.63) is 65.7 Å². The maximum atomic E-state index is 12.1. The molecular formula is C16H13N3O3. The zero-order valence-corrected chi connectivity index (χ0v) is 11.5. The van der Waals surface area contributed by atoms with Crippen LogP contribution >= 0.6 is 0 Å². The highest BCUT2D eigenvalue weighted by Gasteiger charge is 2.23. The van der Waals surface area contributed by atoms with E-state index in [0.29, 0.717) is 16.9 Å². The number of rotatable bonds is 4. The lowest BCUT2D eigenvalue weighted by Crippen LogP contribution is -2.39. The molecule has 0 fully saturated rings. The first-order valence-corrected chi connectivity index (χ1v) is 6.42. The third-order valence-corrected chi connectivity index (χ3v) is 2.82. The molecule has 6 nitrogen and oxygen atoms in total. The Hall–Kier alpha value is -3.33. The van der Waals surface area contributed by atoms with E-state index in [0.717, 1.165) is 0 Å². The number of nitrogens with one attached hydrogen (secondary N) is 1. The molecule has 0 unspecified atom stereocenters. The third-order valence-electron chi connectivity index (χ3n) is 2.82. The minimum Gasteiger partial charge on any atom is -0.476 e. The number of carbonyl (C=O) groups excluding carboxylic acids is 2. The number of hydrogen-bond acceptors (Lipinski definition) is 4. The quantitative estimate of drug-likeness (QED) is 0.898. The topological polar surface area (TPSA) is 105 Å². The number of benzene rings is 2. The molecule has 0 spiro atoms. The van der Waals surface area contributed by atoms with Crippen LogP contribution in [0.4, 0.5) is 4.79 Å². The molecule has 2 aromatic carbocycles. The fourth-order valence-electron chi connectivity index (χ4n) is 1.83. The SMILES string of the molecule is N#Cc1ccc(O[C@@H](C(=O)NC(N)=O)c2ccccc2)cc1. The van der Waals surface area contributed by atoms with Gasteiger partial charge < -0.3 is 10.5 Å². The van der Waals surface area contributed by atoms with Crippen molar-refractivity contribution >= 4 is 11.9 Å². The van der Waals surface area contributed by atoms with Gasteiger partial charge in [-0.1, -0.05) is 30.3 Å². The molecule has 0 aliphatic carbocycles. The molecule has 110 valence electrons. The monoisotopic (exact) mass is 295 g/mol. The molecule has 0 aliphatic heterocycles. The zero-order valence-electron chi connectivity index (χ0n) is 11.5. The molecule has 3 N–H and O–H groups in total. The standard InChI is InChI=1S/C16H13N3O3/c17-10-11-6-8-13(9-7-11)22-14(15(20)19-16(18)21)12-4-2-1-3-5-12/h1-9,14H,(H3,18,19,20,21)/t14-/m1/s1. The predicted octanol–water partition coefficient (Wildman–Crippen LogP) is 1.87. The molecule has 1 atom stereocenters. The Kier molecular flexibility index (Phi) is 4.73. The van der Waals surface area contributed by atoms with Crippen LogP contribution in [0.3, 0.4) is 0 Å². The van der Waals surface area contributed by atoms with E-state index in [9.17, 15) is 9.59 Å². The summed E-state index contributed by atoms with van der Waals surface area (Å²) in [6.45, 7) is 0. The summed E-state index contributed by atoms with van der Waals surface area (Å²) in [5, 5.41) is 10.8. The van der Waals surface area contributed by atoms with E-state index in [-0.39, 0.29) is 0 Å². The van der Waals surface area contributed by atoms with Crippen molar-refractivity contribution in [2.75, 3.05) is 0 Å². The molecule has 2 rings (SSSR count). The van der Waals surface area contributed by atoms with E-state index in [4.69, 9.17) is 15.7 Å². The number of nitrogens with two attached hydrogens (primary N) is 1. The summed E-state index contributed by atoms with van der Waals surface area (Å²) >= 11 is 0. The number of ether oxygens (including phenoxy) is 1. The van der Waals surface area contributed by atoms with Gasteiger partial charge in [0, 0.05) is 5.56 Å². The lowest BCUT2D eigenvalue weighted by molar-refractivity contribution is -0.127. The number of carbonyl (C=O) groups is 2. The highest BCUT2D eigenvalue weighted by atomic mass is 16.5. The summed E-state index contributed by atoms with van der Waals surface area (Å²) in [5.41, 5.74) is 6.03. The van der Waals surface area contributed by atoms with E-state index < -0.39 is 18.0 Å². The van der Waals surface area contributed by atoms with E-state index in [2.05, 4.69) is 0 Å². The fraction of sp³-hybridized carbons (Fsp3) is 0.0625. The summed E-state index contributed by atoms with van der Waals surface area (Å²) in [4.78, 5) is 23.0. The van der Waals surface area contributed by atoms with Gasteiger partial charge in [0.1, 0.15) is 5.75 Å². The highest BCUT2D eigenvalue weighted by molar-refractivity contribution is 5.96.